The van der Waals surface area contributed by atoms with Crippen LogP contribution in [0.4, 0.5) is 13.2 Å². The Morgan fingerprint density at radius 3 is 2.44 bits per heavy atom. The molecule has 0 saturated carbocycles. The maximum Gasteiger partial charge on any atom is 0.411 e. The van der Waals surface area contributed by atoms with Gasteiger partial charge in [-0.25, -0.2) is 0 Å². The average molecular weight is 263 g/mol. The van der Waals surface area contributed by atoms with Gasteiger partial charge in [0.25, 0.3) is 0 Å². The molecule has 0 aliphatic rings. The number of aliphatic hydroxyl groups excluding tert-OH is 1. The first-order chi connectivity index (χ1) is 8.53. The van der Waals surface area contributed by atoms with Crippen molar-refractivity contribution >= 4 is 0 Å². The largest absolute Gasteiger partial charge is 0.411 e. The first kappa shape index (κ1) is 14.9. The number of aliphatic hydroxyl groups is 1. The van der Waals surface area contributed by atoms with E-state index in [1.165, 1.54) is 0 Å². The maximum absolute atomic E-state index is 11.8. The second kappa shape index (κ2) is 7.35. The summed E-state index contributed by atoms with van der Waals surface area (Å²) in [5.74, 6) is 0. The van der Waals surface area contributed by atoms with Crippen LogP contribution >= 0.6 is 0 Å². The lowest BCUT2D eigenvalue weighted by Gasteiger charge is -2.16. The van der Waals surface area contributed by atoms with Crippen molar-refractivity contribution in [2.24, 2.45) is 0 Å². The van der Waals surface area contributed by atoms with E-state index < -0.39 is 12.8 Å². The smallest absolute Gasteiger partial charge is 0.394 e. The third-order valence-corrected chi connectivity index (χ3v) is 2.29. The van der Waals surface area contributed by atoms with Crippen molar-refractivity contribution in [3.63, 3.8) is 0 Å². The predicted molar refractivity (Wildman–Crippen MR) is 61.1 cm³/mol. The molecule has 18 heavy (non-hydrogen) atoms. The molecule has 0 bridgehead atoms. The Balaban J connectivity index is 2.25. The molecule has 3 nitrogen and oxygen atoms in total. The Labute approximate surface area is 104 Å². The molecule has 0 spiro atoms. The Bertz CT molecular complexity index is 330. The summed E-state index contributed by atoms with van der Waals surface area (Å²) in [5.41, 5.74) is 0.885. The molecular weight excluding hydrogens is 247 g/mol. The van der Waals surface area contributed by atoms with Crippen molar-refractivity contribution in [2.75, 3.05) is 26.4 Å². The normalized spacial score (nSPS) is 13.6. The van der Waals surface area contributed by atoms with Crippen LogP contribution in [0.25, 0.3) is 0 Å². The van der Waals surface area contributed by atoms with Crippen LogP contribution in [0.1, 0.15) is 11.6 Å². The number of benzene rings is 1. The summed E-state index contributed by atoms with van der Waals surface area (Å²) in [5, 5.41) is 12.1. The van der Waals surface area contributed by atoms with Gasteiger partial charge in [0.2, 0.25) is 0 Å². The molecule has 1 aromatic carbocycles. The Morgan fingerprint density at radius 1 is 1.22 bits per heavy atom. The number of halogens is 3. The molecule has 0 fully saturated rings. The van der Waals surface area contributed by atoms with Gasteiger partial charge in [-0.1, -0.05) is 30.3 Å². The second-order valence-electron chi connectivity index (χ2n) is 3.77. The van der Waals surface area contributed by atoms with Gasteiger partial charge in [0.1, 0.15) is 6.61 Å². The molecule has 0 aliphatic carbocycles. The number of nitrogens with one attached hydrogen (secondary N) is 1. The molecule has 0 aliphatic heterocycles. The minimum absolute atomic E-state index is 0.0527. The highest BCUT2D eigenvalue weighted by atomic mass is 19.4. The van der Waals surface area contributed by atoms with Crippen LogP contribution in [0.2, 0.25) is 0 Å². The van der Waals surface area contributed by atoms with Crippen molar-refractivity contribution in [3.05, 3.63) is 35.9 Å². The molecule has 1 unspecified atom stereocenters. The monoisotopic (exact) mass is 263 g/mol. The third kappa shape index (κ3) is 6.00. The van der Waals surface area contributed by atoms with E-state index in [1.807, 2.05) is 30.3 Å². The summed E-state index contributed by atoms with van der Waals surface area (Å²) < 4.78 is 39.8. The van der Waals surface area contributed by atoms with E-state index in [0.717, 1.165) is 5.56 Å². The van der Waals surface area contributed by atoms with Crippen LogP contribution in [-0.4, -0.2) is 37.6 Å². The van der Waals surface area contributed by atoms with Gasteiger partial charge in [0, 0.05) is 6.54 Å². The van der Waals surface area contributed by atoms with Gasteiger partial charge in [-0.2, -0.15) is 13.2 Å². The quantitative estimate of drug-likeness (QED) is 0.738. The van der Waals surface area contributed by atoms with E-state index in [-0.39, 0.29) is 25.8 Å². The summed E-state index contributed by atoms with van der Waals surface area (Å²) in [6.45, 7) is -1.17. The van der Waals surface area contributed by atoms with Gasteiger partial charge in [0.05, 0.1) is 19.3 Å². The molecule has 0 saturated heterocycles. The van der Waals surface area contributed by atoms with Crippen LogP contribution in [0.15, 0.2) is 30.3 Å². The minimum atomic E-state index is -4.30. The Hall–Kier alpha value is -1.11. The van der Waals surface area contributed by atoms with E-state index >= 15 is 0 Å². The van der Waals surface area contributed by atoms with E-state index in [0.29, 0.717) is 0 Å². The minimum Gasteiger partial charge on any atom is -0.394 e. The fourth-order valence-electron chi connectivity index (χ4n) is 1.47. The van der Waals surface area contributed by atoms with E-state index in [2.05, 4.69) is 10.1 Å². The first-order valence-electron chi connectivity index (χ1n) is 5.56. The highest BCUT2D eigenvalue weighted by molar-refractivity contribution is 5.18. The maximum atomic E-state index is 11.8. The highest BCUT2D eigenvalue weighted by Gasteiger charge is 2.27. The molecule has 1 rings (SSSR count). The zero-order chi connectivity index (χ0) is 13.4. The van der Waals surface area contributed by atoms with Crippen LogP contribution in [0.5, 0.6) is 0 Å². The number of hydrogen-bond acceptors (Lipinski definition) is 3. The van der Waals surface area contributed by atoms with Crippen LogP contribution in [0.3, 0.4) is 0 Å². The molecule has 0 amide bonds. The van der Waals surface area contributed by atoms with Crippen LogP contribution in [-0.2, 0) is 4.74 Å². The van der Waals surface area contributed by atoms with Gasteiger partial charge in [-0.3, -0.25) is 0 Å². The van der Waals surface area contributed by atoms with Crippen molar-refractivity contribution in [2.45, 2.75) is 12.2 Å². The van der Waals surface area contributed by atoms with Gasteiger partial charge in [-0.15, -0.1) is 0 Å². The van der Waals surface area contributed by atoms with Crippen molar-refractivity contribution in [1.82, 2.24) is 5.32 Å². The van der Waals surface area contributed by atoms with E-state index in [9.17, 15) is 18.3 Å². The molecule has 6 heteroatoms. The number of ether oxygens (including phenoxy) is 1. The summed E-state index contributed by atoms with van der Waals surface area (Å²) in [6, 6.07) is 8.90. The topological polar surface area (TPSA) is 41.5 Å². The molecule has 0 aromatic heterocycles. The highest BCUT2D eigenvalue weighted by Crippen LogP contribution is 2.14. The molecule has 1 atom stereocenters. The molecular formula is C12H16F3NO2. The van der Waals surface area contributed by atoms with Gasteiger partial charge >= 0.3 is 6.18 Å². The van der Waals surface area contributed by atoms with Crippen LogP contribution < -0.4 is 5.32 Å². The van der Waals surface area contributed by atoms with E-state index in [4.69, 9.17) is 0 Å². The van der Waals surface area contributed by atoms with Gasteiger partial charge < -0.3 is 15.2 Å². The van der Waals surface area contributed by atoms with Crippen molar-refractivity contribution in [1.29, 1.82) is 0 Å². The summed E-state index contributed by atoms with van der Waals surface area (Å²) in [4.78, 5) is 0. The van der Waals surface area contributed by atoms with Gasteiger partial charge in [-0.05, 0) is 5.56 Å². The molecule has 2 N–H and O–H groups in total. The van der Waals surface area contributed by atoms with Crippen molar-refractivity contribution < 1.29 is 23.0 Å². The Kier molecular flexibility index (Phi) is 6.11. The van der Waals surface area contributed by atoms with E-state index in [1.54, 1.807) is 0 Å². The third-order valence-electron chi connectivity index (χ3n) is 2.29. The lowest BCUT2D eigenvalue weighted by Crippen LogP contribution is -2.29. The number of rotatable bonds is 7. The van der Waals surface area contributed by atoms with Crippen LogP contribution in [0, 0.1) is 0 Å². The second-order valence-corrected chi connectivity index (χ2v) is 3.77. The fourth-order valence-corrected chi connectivity index (χ4v) is 1.47. The molecule has 0 radical (unpaired) electrons. The zero-order valence-corrected chi connectivity index (χ0v) is 9.78. The molecule has 1 aromatic rings. The fraction of sp³-hybridized carbons (Fsp3) is 0.500. The van der Waals surface area contributed by atoms with Gasteiger partial charge in [0.15, 0.2) is 0 Å². The number of alkyl halides is 3. The predicted octanol–water partition coefficient (Wildman–Crippen LogP) is 1.89. The Morgan fingerprint density at radius 2 is 1.89 bits per heavy atom. The number of hydrogen-bond donors (Lipinski definition) is 2. The lowest BCUT2D eigenvalue weighted by molar-refractivity contribution is -0.173. The van der Waals surface area contributed by atoms with Crippen molar-refractivity contribution in [3.8, 4) is 0 Å². The average Bonchev–Trinajstić information content (AvgIpc) is 2.33. The standard InChI is InChI=1S/C12H16F3NO2/c13-12(14,15)9-18-7-6-16-11(8-17)10-4-2-1-3-5-10/h1-5,11,16-17H,6-9H2. The first-order valence-corrected chi connectivity index (χ1v) is 5.56. The molecule has 0 heterocycles. The summed E-state index contributed by atoms with van der Waals surface area (Å²) in [7, 11) is 0. The zero-order valence-electron chi connectivity index (χ0n) is 9.78. The SMILES string of the molecule is OCC(NCCOCC(F)(F)F)c1ccccc1. The molecule has 102 valence electrons. The lowest BCUT2D eigenvalue weighted by atomic mass is 10.1. The summed E-state index contributed by atoms with van der Waals surface area (Å²) >= 11 is 0. The summed E-state index contributed by atoms with van der Waals surface area (Å²) in [6.07, 6.45) is -4.30.